The van der Waals surface area contributed by atoms with E-state index in [1.807, 2.05) is 6.92 Å². The Bertz CT molecular complexity index is 453. The average molecular weight is 253 g/mol. The molecule has 0 radical (unpaired) electrons. The highest BCUT2D eigenvalue weighted by molar-refractivity contribution is 5.85. The van der Waals surface area contributed by atoms with Crippen molar-refractivity contribution >= 4 is 17.7 Å². The second-order valence-electron chi connectivity index (χ2n) is 4.06. The van der Waals surface area contributed by atoms with E-state index in [1.165, 1.54) is 0 Å². The number of anilines is 2. The van der Waals surface area contributed by atoms with Gasteiger partial charge in [-0.2, -0.15) is 4.98 Å². The van der Waals surface area contributed by atoms with Crippen molar-refractivity contribution in [2.75, 3.05) is 29.9 Å². The maximum Gasteiger partial charge on any atom is 0.242 e. The first-order valence-corrected chi connectivity index (χ1v) is 5.94. The van der Waals surface area contributed by atoms with E-state index in [-0.39, 0.29) is 11.7 Å². The van der Waals surface area contributed by atoms with Crippen LogP contribution in [0.3, 0.4) is 0 Å². The number of amides is 1. The van der Waals surface area contributed by atoms with Crippen molar-refractivity contribution in [2.24, 2.45) is 0 Å². The van der Waals surface area contributed by atoms with Crippen LogP contribution in [0.1, 0.15) is 13.8 Å². The highest BCUT2D eigenvalue weighted by Crippen LogP contribution is 2.20. The lowest BCUT2D eigenvalue weighted by Crippen LogP contribution is -2.54. The van der Waals surface area contributed by atoms with Crippen LogP contribution in [-0.4, -0.2) is 41.6 Å². The van der Waals surface area contributed by atoms with Crippen molar-refractivity contribution in [1.82, 2.24) is 15.3 Å². The Morgan fingerprint density at radius 3 is 3.17 bits per heavy atom. The summed E-state index contributed by atoms with van der Waals surface area (Å²) in [5.41, 5.74) is 0. The first kappa shape index (κ1) is 12.5. The molecule has 1 aliphatic rings. The van der Waals surface area contributed by atoms with Gasteiger partial charge in [-0.25, -0.2) is 9.37 Å². The fourth-order valence-corrected chi connectivity index (χ4v) is 1.87. The van der Waals surface area contributed by atoms with Crippen molar-refractivity contribution < 1.29 is 9.18 Å². The Morgan fingerprint density at radius 2 is 2.44 bits per heavy atom. The molecule has 0 spiro atoms. The first-order valence-electron chi connectivity index (χ1n) is 5.94. The normalized spacial score (nSPS) is 19.6. The minimum atomic E-state index is -0.516. The van der Waals surface area contributed by atoms with Gasteiger partial charge in [0, 0.05) is 19.6 Å². The number of nitrogens with one attached hydrogen (secondary N) is 2. The molecular formula is C11H16FN5O. The Hall–Kier alpha value is -1.92. The summed E-state index contributed by atoms with van der Waals surface area (Å²) in [5.74, 6) is -0.0992. The molecule has 1 amide bonds. The number of carbonyl (C=O) groups excluding carboxylic acids is 1. The topological polar surface area (TPSA) is 70.2 Å². The molecule has 18 heavy (non-hydrogen) atoms. The van der Waals surface area contributed by atoms with Gasteiger partial charge in [-0.15, -0.1) is 0 Å². The number of hydrogen-bond donors (Lipinski definition) is 2. The second-order valence-corrected chi connectivity index (χ2v) is 4.06. The fourth-order valence-electron chi connectivity index (χ4n) is 1.87. The van der Waals surface area contributed by atoms with E-state index >= 15 is 0 Å². The van der Waals surface area contributed by atoms with Crippen LogP contribution in [0.25, 0.3) is 0 Å². The number of carbonyl (C=O) groups is 1. The van der Waals surface area contributed by atoms with Gasteiger partial charge in [0.2, 0.25) is 11.9 Å². The molecule has 1 aliphatic heterocycles. The Labute approximate surface area is 105 Å². The maximum absolute atomic E-state index is 13.8. The fraction of sp³-hybridized carbons (Fsp3) is 0.545. The van der Waals surface area contributed by atoms with E-state index in [0.29, 0.717) is 25.6 Å². The quantitative estimate of drug-likeness (QED) is 0.814. The monoisotopic (exact) mass is 253 g/mol. The Kier molecular flexibility index (Phi) is 3.59. The Morgan fingerprint density at radius 1 is 1.67 bits per heavy atom. The molecule has 2 N–H and O–H groups in total. The molecule has 0 saturated carbocycles. The lowest BCUT2D eigenvalue weighted by atomic mass is 10.2. The number of hydrogen-bond acceptors (Lipinski definition) is 5. The van der Waals surface area contributed by atoms with Crippen molar-refractivity contribution in [3.05, 3.63) is 12.0 Å². The molecule has 2 rings (SSSR count). The van der Waals surface area contributed by atoms with Crippen molar-refractivity contribution in [1.29, 1.82) is 0 Å². The van der Waals surface area contributed by atoms with Crippen LogP contribution < -0.4 is 15.5 Å². The molecule has 1 saturated heterocycles. The van der Waals surface area contributed by atoms with Gasteiger partial charge in [0.05, 0.1) is 6.20 Å². The third-order valence-corrected chi connectivity index (χ3v) is 2.83. The Balaban J connectivity index is 2.30. The molecule has 7 heteroatoms. The molecule has 2 heterocycles. The highest BCUT2D eigenvalue weighted by Gasteiger charge is 2.28. The van der Waals surface area contributed by atoms with Crippen LogP contribution in [0.4, 0.5) is 16.2 Å². The van der Waals surface area contributed by atoms with Gasteiger partial charge in [0.15, 0.2) is 11.6 Å². The molecule has 1 atom stereocenters. The van der Waals surface area contributed by atoms with E-state index in [4.69, 9.17) is 0 Å². The summed E-state index contributed by atoms with van der Waals surface area (Å²) >= 11 is 0. The highest BCUT2D eigenvalue weighted by atomic mass is 19.1. The van der Waals surface area contributed by atoms with Crippen LogP contribution in [0.2, 0.25) is 0 Å². The zero-order valence-corrected chi connectivity index (χ0v) is 10.4. The van der Waals surface area contributed by atoms with Crippen LogP contribution in [0.15, 0.2) is 6.20 Å². The van der Waals surface area contributed by atoms with Gasteiger partial charge >= 0.3 is 0 Å². The van der Waals surface area contributed by atoms with Gasteiger partial charge in [-0.1, -0.05) is 0 Å². The van der Waals surface area contributed by atoms with E-state index in [1.54, 1.807) is 11.8 Å². The summed E-state index contributed by atoms with van der Waals surface area (Å²) in [5, 5.41) is 5.65. The predicted octanol–water partition coefficient (Wildman–Crippen LogP) is 0.372. The molecule has 1 aromatic rings. The molecule has 0 bridgehead atoms. The van der Waals surface area contributed by atoms with Gasteiger partial charge in [-0.3, -0.25) is 4.79 Å². The molecule has 98 valence electrons. The molecule has 0 aromatic carbocycles. The summed E-state index contributed by atoms with van der Waals surface area (Å²) in [4.78, 5) is 21.2. The third kappa shape index (κ3) is 2.34. The zero-order chi connectivity index (χ0) is 13.1. The third-order valence-electron chi connectivity index (χ3n) is 2.83. The van der Waals surface area contributed by atoms with Crippen LogP contribution in [-0.2, 0) is 4.79 Å². The number of rotatable bonds is 3. The number of nitrogens with zero attached hydrogens (tertiary/aromatic N) is 3. The van der Waals surface area contributed by atoms with E-state index in [2.05, 4.69) is 20.6 Å². The van der Waals surface area contributed by atoms with Gasteiger partial charge in [0.1, 0.15) is 6.04 Å². The molecule has 1 unspecified atom stereocenters. The van der Waals surface area contributed by atoms with Crippen molar-refractivity contribution in [2.45, 2.75) is 19.9 Å². The van der Waals surface area contributed by atoms with E-state index < -0.39 is 11.9 Å². The lowest BCUT2D eigenvalue weighted by Gasteiger charge is -2.33. The lowest BCUT2D eigenvalue weighted by molar-refractivity contribution is -0.122. The standard InChI is InChI=1S/C11H16FN5O/c1-3-13-11-15-6-8(12)9(16-11)17-5-4-14-10(18)7(17)2/h6-7H,3-5H2,1-2H3,(H,14,18)(H,13,15,16). The van der Waals surface area contributed by atoms with Gasteiger partial charge < -0.3 is 15.5 Å². The van der Waals surface area contributed by atoms with Crippen LogP contribution in [0.5, 0.6) is 0 Å². The maximum atomic E-state index is 13.8. The number of aromatic nitrogens is 2. The summed E-state index contributed by atoms with van der Waals surface area (Å²) in [6, 6.07) is -0.433. The predicted molar refractivity (Wildman–Crippen MR) is 66.0 cm³/mol. The van der Waals surface area contributed by atoms with Crippen LogP contribution in [0, 0.1) is 5.82 Å². The largest absolute Gasteiger partial charge is 0.354 e. The molecular weight excluding hydrogens is 237 g/mol. The summed E-state index contributed by atoms with van der Waals surface area (Å²) in [7, 11) is 0. The number of halogens is 1. The molecule has 1 aromatic heterocycles. The number of piperazine rings is 1. The molecule has 1 fully saturated rings. The van der Waals surface area contributed by atoms with Gasteiger partial charge in [-0.05, 0) is 13.8 Å². The first-order chi connectivity index (χ1) is 8.63. The van der Waals surface area contributed by atoms with Crippen molar-refractivity contribution in [3.63, 3.8) is 0 Å². The zero-order valence-electron chi connectivity index (χ0n) is 10.4. The van der Waals surface area contributed by atoms with E-state index in [9.17, 15) is 9.18 Å². The average Bonchev–Trinajstić information content (AvgIpc) is 2.36. The van der Waals surface area contributed by atoms with Crippen LogP contribution >= 0.6 is 0 Å². The smallest absolute Gasteiger partial charge is 0.242 e. The van der Waals surface area contributed by atoms with Crippen molar-refractivity contribution in [3.8, 4) is 0 Å². The molecule has 0 aliphatic carbocycles. The molecule has 6 nitrogen and oxygen atoms in total. The SMILES string of the molecule is CCNc1ncc(F)c(N2CCNC(=O)C2C)n1. The summed E-state index contributed by atoms with van der Waals surface area (Å²) in [6.45, 7) is 5.31. The minimum Gasteiger partial charge on any atom is -0.354 e. The van der Waals surface area contributed by atoms with Gasteiger partial charge in [0.25, 0.3) is 0 Å². The summed E-state index contributed by atoms with van der Waals surface area (Å²) in [6.07, 6.45) is 1.12. The second kappa shape index (κ2) is 5.16. The summed E-state index contributed by atoms with van der Waals surface area (Å²) < 4.78 is 13.8. The van der Waals surface area contributed by atoms with E-state index in [0.717, 1.165) is 6.20 Å². The minimum absolute atomic E-state index is 0.121.